The van der Waals surface area contributed by atoms with Gasteiger partial charge in [-0.05, 0) is 19.1 Å². The number of aromatic nitrogens is 1. The Labute approximate surface area is 138 Å². The number of hydrogen-bond acceptors (Lipinski definition) is 3. The highest BCUT2D eigenvalue weighted by atomic mass is 16.6. The molecule has 1 aliphatic rings. The summed E-state index contributed by atoms with van der Waals surface area (Å²) in [6, 6.07) is 14.2. The van der Waals surface area contributed by atoms with E-state index < -0.39 is 12.0 Å². The average molecular weight is 320 g/mol. The Bertz CT molecular complexity index is 1030. The lowest BCUT2D eigenvalue weighted by molar-refractivity contribution is -0.122. The molecule has 120 valence electrons. The van der Waals surface area contributed by atoms with Crippen molar-refractivity contribution in [2.24, 2.45) is 0 Å². The number of carbonyl (C=O) groups is 2. The summed E-state index contributed by atoms with van der Waals surface area (Å²) in [6.45, 7) is 2.89. The van der Waals surface area contributed by atoms with Gasteiger partial charge in [0.25, 0.3) is 5.91 Å². The Morgan fingerprint density at radius 2 is 1.79 bits per heavy atom. The molecular weight excluding hydrogens is 304 g/mol. The zero-order chi connectivity index (χ0) is 16.8. The normalized spacial score (nSPS) is 16.6. The van der Waals surface area contributed by atoms with Crippen molar-refractivity contribution in [3.63, 3.8) is 0 Å². The second-order valence-electron chi connectivity index (χ2n) is 5.75. The number of amides is 2. The van der Waals surface area contributed by atoms with Crippen molar-refractivity contribution in [1.29, 1.82) is 0 Å². The monoisotopic (exact) mass is 320 g/mol. The second kappa shape index (κ2) is 5.23. The number of carbonyl (C=O) groups excluding carboxylic acids is 2. The Morgan fingerprint density at radius 3 is 2.50 bits per heavy atom. The fourth-order valence-electron chi connectivity index (χ4n) is 3.27. The molecule has 5 heteroatoms. The third-order valence-corrected chi connectivity index (χ3v) is 4.41. The number of hydrogen-bond donors (Lipinski definition) is 0. The summed E-state index contributed by atoms with van der Waals surface area (Å²) in [5.74, 6) is -0.362. The molecule has 2 heterocycles. The molecule has 24 heavy (non-hydrogen) atoms. The van der Waals surface area contributed by atoms with Crippen molar-refractivity contribution in [3.8, 4) is 0 Å². The first kappa shape index (κ1) is 14.5. The first-order chi connectivity index (χ1) is 11.6. The van der Waals surface area contributed by atoms with Crippen LogP contribution >= 0.6 is 0 Å². The molecule has 5 nitrogen and oxygen atoms in total. The zero-order valence-corrected chi connectivity index (χ0v) is 13.4. The first-order valence-electron chi connectivity index (χ1n) is 7.83. The van der Waals surface area contributed by atoms with E-state index in [1.165, 1.54) is 12.4 Å². The van der Waals surface area contributed by atoms with Gasteiger partial charge in [0.2, 0.25) is 0 Å². The molecule has 3 aromatic rings. The quantitative estimate of drug-likeness (QED) is 0.676. The number of ether oxygens (including phenoxy) is 1. The van der Waals surface area contributed by atoms with E-state index in [1.807, 2.05) is 24.3 Å². The summed E-state index contributed by atoms with van der Waals surface area (Å²) >= 11 is 0. The van der Waals surface area contributed by atoms with E-state index in [1.54, 1.807) is 6.08 Å². The fraction of sp³-hybridized carbons (Fsp3) is 0.158. The van der Waals surface area contributed by atoms with Crippen molar-refractivity contribution in [3.05, 3.63) is 53.8 Å². The summed E-state index contributed by atoms with van der Waals surface area (Å²) in [5, 5.41) is 2.29. The van der Waals surface area contributed by atoms with Gasteiger partial charge in [0, 0.05) is 35.4 Å². The van der Waals surface area contributed by atoms with E-state index in [0.717, 1.165) is 33.4 Å². The maximum Gasteiger partial charge on any atom is 0.422 e. The van der Waals surface area contributed by atoms with Crippen molar-refractivity contribution in [1.82, 2.24) is 9.47 Å². The van der Waals surface area contributed by atoms with Crippen molar-refractivity contribution in [2.75, 3.05) is 7.05 Å². The van der Waals surface area contributed by atoms with Gasteiger partial charge in [-0.3, -0.25) is 4.79 Å². The van der Waals surface area contributed by atoms with Crippen LogP contribution < -0.4 is 0 Å². The lowest BCUT2D eigenvalue weighted by Gasteiger charge is -2.06. The van der Waals surface area contributed by atoms with Crippen LogP contribution in [0.3, 0.4) is 0 Å². The summed E-state index contributed by atoms with van der Waals surface area (Å²) in [6.07, 6.45) is 1.01. The topological polar surface area (TPSA) is 51.5 Å². The number of cyclic esters (lactones) is 1. The minimum atomic E-state index is -0.644. The van der Waals surface area contributed by atoms with Crippen molar-refractivity contribution >= 4 is 39.9 Å². The van der Waals surface area contributed by atoms with Crippen LogP contribution in [0.4, 0.5) is 4.79 Å². The molecule has 0 N–H and O–H groups in total. The van der Waals surface area contributed by atoms with Crippen molar-refractivity contribution < 1.29 is 14.3 Å². The predicted octanol–water partition coefficient (Wildman–Crippen LogP) is 3.76. The fourth-order valence-corrected chi connectivity index (χ4v) is 3.27. The minimum Gasteiger partial charge on any atom is -0.404 e. The van der Waals surface area contributed by atoms with Crippen LogP contribution in [0.2, 0.25) is 0 Å². The Morgan fingerprint density at radius 1 is 1.04 bits per heavy atom. The summed E-state index contributed by atoms with van der Waals surface area (Å²) < 4.78 is 7.29. The van der Waals surface area contributed by atoms with Gasteiger partial charge in [0.15, 0.2) is 5.76 Å². The standard InChI is InChI=1S/C19H16N2O3/c1-3-21-15-10-5-4-8-13(15)14-9-6-7-12(17(14)21)11-16-18(22)20(2)19(23)24-16/h4-11H,3H2,1-2H3. The van der Waals surface area contributed by atoms with Crippen molar-refractivity contribution in [2.45, 2.75) is 13.5 Å². The molecule has 1 aliphatic heterocycles. The number of para-hydroxylation sites is 2. The predicted molar refractivity (Wildman–Crippen MR) is 92.3 cm³/mol. The molecule has 4 rings (SSSR count). The lowest BCUT2D eigenvalue weighted by Crippen LogP contribution is -2.23. The van der Waals surface area contributed by atoms with Crippen LogP contribution in [0, 0.1) is 0 Å². The number of aryl methyl sites for hydroxylation is 1. The second-order valence-corrected chi connectivity index (χ2v) is 5.75. The summed E-state index contributed by atoms with van der Waals surface area (Å²) in [7, 11) is 1.41. The van der Waals surface area contributed by atoms with Crippen LogP contribution in [0.5, 0.6) is 0 Å². The number of imide groups is 1. The van der Waals surface area contributed by atoms with Gasteiger partial charge in [-0.1, -0.05) is 36.4 Å². The van der Waals surface area contributed by atoms with Crippen LogP contribution in [-0.4, -0.2) is 28.5 Å². The van der Waals surface area contributed by atoms with Gasteiger partial charge in [-0.2, -0.15) is 0 Å². The highest BCUT2D eigenvalue weighted by Crippen LogP contribution is 2.32. The molecule has 0 spiro atoms. The first-order valence-corrected chi connectivity index (χ1v) is 7.83. The number of rotatable bonds is 2. The third kappa shape index (κ3) is 1.94. The summed E-state index contributed by atoms with van der Waals surface area (Å²) in [5.41, 5.74) is 3.04. The molecule has 0 atom stereocenters. The van der Waals surface area contributed by atoms with Crippen LogP contribution in [0.25, 0.3) is 27.9 Å². The van der Waals surface area contributed by atoms with E-state index in [2.05, 4.69) is 29.7 Å². The molecule has 0 aliphatic carbocycles. The largest absolute Gasteiger partial charge is 0.422 e. The zero-order valence-electron chi connectivity index (χ0n) is 13.4. The van der Waals surface area contributed by atoms with Crippen LogP contribution in [0.1, 0.15) is 12.5 Å². The van der Waals surface area contributed by atoms with Crippen LogP contribution in [0.15, 0.2) is 48.2 Å². The molecular formula is C19H16N2O3. The van der Waals surface area contributed by atoms with E-state index in [0.29, 0.717) is 0 Å². The van der Waals surface area contributed by atoms with Crippen LogP contribution in [-0.2, 0) is 16.1 Å². The van der Waals surface area contributed by atoms with E-state index in [9.17, 15) is 9.59 Å². The Balaban J connectivity index is 2.01. The highest BCUT2D eigenvalue weighted by Gasteiger charge is 2.33. The van der Waals surface area contributed by atoms with E-state index in [-0.39, 0.29) is 5.76 Å². The van der Waals surface area contributed by atoms with Gasteiger partial charge >= 0.3 is 6.09 Å². The van der Waals surface area contributed by atoms with E-state index in [4.69, 9.17) is 4.74 Å². The van der Waals surface area contributed by atoms with Gasteiger partial charge < -0.3 is 9.30 Å². The molecule has 1 fully saturated rings. The maximum absolute atomic E-state index is 12.1. The SMILES string of the molecule is CCn1c2ccccc2c2cccc(C=C3OC(=O)N(C)C3=O)c21. The molecule has 0 saturated carbocycles. The molecule has 2 aromatic carbocycles. The molecule has 0 unspecified atom stereocenters. The number of fused-ring (bicyclic) bond motifs is 3. The van der Waals surface area contributed by atoms with Gasteiger partial charge in [-0.25, -0.2) is 9.69 Å². The maximum atomic E-state index is 12.1. The Kier molecular flexibility index (Phi) is 3.16. The third-order valence-electron chi connectivity index (χ3n) is 4.41. The smallest absolute Gasteiger partial charge is 0.404 e. The van der Waals surface area contributed by atoms with E-state index >= 15 is 0 Å². The Hall–Kier alpha value is -3.08. The number of likely N-dealkylation sites (N-methyl/N-ethyl adjacent to an activating group) is 1. The molecule has 0 bridgehead atoms. The molecule has 0 radical (unpaired) electrons. The van der Waals surface area contributed by atoms with Gasteiger partial charge in [0.05, 0.1) is 5.52 Å². The average Bonchev–Trinajstić information content (AvgIpc) is 3.05. The number of nitrogens with zero attached hydrogens (tertiary/aromatic N) is 2. The summed E-state index contributed by atoms with van der Waals surface area (Å²) in [4.78, 5) is 24.6. The molecule has 1 saturated heterocycles. The minimum absolute atomic E-state index is 0.0582. The van der Waals surface area contributed by atoms with Gasteiger partial charge in [0.1, 0.15) is 0 Å². The molecule has 2 amide bonds. The number of benzene rings is 2. The molecule has 1 aromatic heterocycles. The van der Waals surface area contributed by atoms with Gasteiger partial charge in [-0.15, -0.1) is 0 Å². The highest BCUT2D eigenvalue weighted by molar-refractivity contribution is 6.13. The lowest BCUT2D eigenvalue weighted by atomic mass is 10.1.